The van der Waals surface area contributed by atoms with Crippen molar-refractivity contribution in [2.24, 2.45) is 0 Å². The van der Waals surface area contributed by atoms with Crippen LogP contribution in [0, 0.1) is 0 Å². The molecule has 2 aromatic rings. The standard InChI is InChI=1S/C19H24N4O4.C2HF3O2/c1-21(2)19(24)11-25-10-16-9-22(8-15-6-20-12-23(15)16)7-14-3-4-17-18(5-14)27-13-26-17;3-2(4,5)1(6)7/h3-6,12,16H,7-11,13H2,1-2H3;(H,6,7). The van der Waals surface area contributed by atoms with E-state index in [0.717, 1.165) is 36.8 Å². The van der Waals surface area contributed by atoms with Crippen molar-refractivity contribution in [3.8, 4) is 11.5 Å². The number of fused-ring (bicyclic) bond motifs is 2. The predicted octanol–water partition coefficient (Wildman–Crippen LogP) is 1.91. The van der Waals surface area contributed by atoms with E-state index in [1.54, 1.807) is 14.1 Å². The van der Waals surface area contributed by atoms with E-state index in [2.05, 4.69) is 20.5 Å². The lowest BCUT2D eigenvalue weighted by Gasteiger charge is -2.34. The number of amides is 1. The van der Waals surface area contributed by atoms with Crippen LogP contribution in [0.3, 0.4) is 0 Å². The van der Waals surface area contributed by atoms with Crippen molar-refractivity contribution in [2.45, 2.75) is 25.3 Å². The fraction of sp³-hybridized carbons (Fsp3) is 0.476. The Kier molecular flexibility index (Phi) is 7.99. The van der Waals surface area contributed by atoms with Crippen LogP contribution in [0.5, 0.6) is 11.5 Å². The number of benzene rings is 1. The second-order valence-electron chi connectivity index (χ2n) is 7.91. The summed E-state index contributed by atoms with van der Waals surface area (Å²) in [5.41, 5.74) is 2.32. The molecule has 0 spiro atoms. The van der Waals surface area contributed by atoms with Crippen LogP contribution in [0.15, 0.2) is 30.7 Å². The van der Waals surface area contributed by atoms with E-state index in [1.807, 2.05) is 24.7 Å². The minimum Gasteiger partial charge on any atom is -0.475 e. The van der Waals surface area contributed by atoms with Gasteiger partial charge in [-0.3, -0.25) is 9.69 Å². The first-order chi connectivity index (χ1) is 16.0. The fourth-order valence-corrected chi connectivity index (χ4v) is 3.43. The minimum atomic E-state index is -5.08. The fourth-order valence-electron chi connectivity index (χ4n) is 3.43. The lowest BCUT2D eigenvalue weighted by molar-refractivity contribution is -0.192. The largest absolute Gasteiger partial charge is 0.490 e. The van der Waals surface area contributed by atoms with Gasteiger partial charge in [0.1, 0.15) is 6.61 Å². The molecule has 1 N–H and O–H groups in total. The van der Waals surface area contributed by atoms with Crippen LogP contribution in [0.25, 0.3) is 0 Å². The van der Waals surface area contributed by atoms with Crippen molar-refractivity contribution in [1.82, 2.24) is 19.4 Å². The number of ether oxygens (including phenoxy) is 3. The van der Waals surface area contributed by atoms with E-state index in [1.165, 1.54) is 10.5 Å². The highest BCUT2D eigenvalue weighted by Gasteiger charge is 2.38. The zero-order chi connectivity index (χ0) is 24.9. The smallest absolute Gasteiger partial charge is 0.475 e. The number of imidazole rings is 1. The Balaban J connectivity index is 0.000000406. The lowest BCUT2D eigenvalue weighted by Crippen LogP contribution is -2.39. The van der Waals surface area contributed by atoms with Crippen molar-refractivity contribution in [1.29, 1.82) is 0 Å². The first-order valence-electron chi connectivity index (χ1n) is 10.2. The quantitative estimate of drug-likeness (QED) is 0.660. The topological polar surface area (TPSA) is 106 Å². The summed E-state index contributed by atoms with van der Waals surface area (Å²) in [6, 6.07) is 6.19. The van der Waals surface area contributed by atoms with E-state index in [0.29, 0.717) is 6.61 Å². The van der Waals surface area contributed by atoms with E-state index in [4.69, 9.17) is 24.1 Å². The average Bonchev–Trinajstić information content (AvgIpc) is 3.42. The molecule has 0 radical (unpaired) electrons. The van der Waals surface area contributed by atoms with Crippen LogP contribution < -0.4 is 9.47 Å². The number of carboxylic acid groups (broad SMARTS) is 1. The molecule has 2 aliphatic heterocycles. The van der Waals surface area contributed by atoms with Gasteiger partial charge in [0.25, 0.3) is 0 Å². The van der Waals surface area contributed by atoms with Crippen molar-refractivity contribution in [3.05, 3.63) is 42.0 Å². The summed E-state index contributed by atoms with van der Waals surface area (Å²) >= 11 is 0. The first kappa shape index (κ1) is 25.3. The number of alkyl halides is 3. The Morgan fingerprint density at radius 3 is 2.65 bits per heavy atom. The molecule has 1 atom stereocenters. The molecule has 0 saturated heterocycles. The maximum atomic E-state index is 11.7. The molecule has 0 saturated carbocycles. The van der Waals surface area contributed by atoms with Gasteiger partial charge in [0.05, 0.1) is 24.7 Å². The second kappa shape index (κ2) is 10.7. The Hall–Kier alpha value is -3.32. The second-order valence-corrected chi connectivity index (χ2v) is 7.91. The minimum absolute atomic E-state index is 0.0334. The molecule has 186 valence electrons. The van der Waals surface area contributed by atoms with Gasteiger partial charge >= 0.3 is 12.1 Å². The predicted molar refractivity (Wildman–Crippen MR) is 111 cm³/mol. The van der Waals surface area contributed by atoms with Gasteiger partial charge in [0.2, 0.25) is 12.7 Å². The van der Waals surface area contributed by atoms with E-state index < -0.39 is 12.1 Å². The number of halogens is 3. The zero-order valence-corrected chi connectivity index (χ0v) is 18.6. The maximum Gasteiger partial charge on any atom is 0.490 e. The molecular formula is C21H25F3N4O6. The van der Waals surface area contributed by atoms with Crippen molar-refractivity contribution < 1.29 is 42.1 Å². The Morgan fingerprint density at radius 2 is 1.97 bits per heavy atom. The summed E-state index contributed by atoms with van der Waals surface area (Å²) in [5.74, 6) is -1.19. The molecule has 0 bridgehead atoms. The summed E-state index contributed by atoms with van der Waals surface area (Å²) in [6.45, 7) is 3.30. The molecule has 1 unspecified atom stereocenters. The van der Waals surface area contributed by atoms with Crippen molar-refractivity contribution in [2.75, 3.05) is 40.6 Å². The molecule has 10 nitrogen and oxygen atoms in total. The van der Waals surface area contributed by atoms with Gasteiger partial charge < -0.3 is 28.8 Å². The number of likely N-dealkylation sites (N-methyl/N-ethyl adjacent to an activating group) is 1. The van der Waals surface area contributed by atoms with Crippen LogP contribution in [-0.2, 0) is 27.4 Å². The molecule has 34 heavy (non-hydrogen) atoms. The molecule has 0 fully saturated rings. The van der Waals surface area contributed by atoms with Gasteiger partial charge in [-0.05, 0) is 17.7 Å². The summed E-state index contributed by atoms with van der Waals surface area (Å²) in [6.07, 6.45) is -1.35. The Labute approximate surface area is 193 Å². The van der Waals surface area contributed by atoms with Crippen LogP contribution in [0.4, 0.5) is 13.2 Å². The van der Waals surface area contributed by atoms with Crippen LogP contribution in [0.2, 0.25) is 0 Å². The normalized spacial score (nSPS) is 16.9. The maximum absolute atomic E-state index is 11.7. The van der Waals surface area contributed by atoms with Gasteiger partial charge in [0.15, 0.2) is 11.5 Å². The number of hydrogen-bond donors (Lipinski definition) is 1. The SMILES string of the molecule is CN(C)C(=O)COCC1CN(Cc2ccc3c(c2)OCO3)Cc2cncn21.O=C(O)C(F)(F)F. The highest BCUT2D eigenvalue weighted by Crippen LogP contribution is 2.33. The Bertz CT molecular complexity index is 1010. The third kappa shape index (κ3) is 6.60. The third-order valence-corrected chi connectivity index (χ3v) is 5.11. The van der Waals surface area contributed by atoms with Crippen molar-refractivity contribution >= 4 is 11.9 Å². The summed E-state index contributed by atoms with van der Waals surface area (Å²) < 4.78 is 50.4. The molecule has 1 aromatic carbocycles. The van der Waals surface area contributed by atoms with E-state index >= 15 is 0 Å². The summed E-state index contributed by atoms with van der Waals surface area (Å²) in [4.78, 5) is 28.8. The van der Waals surface area contributed by atoms with E-state index in [9.17, 15) is 18.0 Å². The highest BCUT2D eigenvalue weighted by atomic mass is 19.4. The Morgan fingerprint density at radius 1 is 1.26 bits per heavy atom. The van der Waals surface area contributed by atoms with E-state index in [-0.39, 0.29) is 25.3 Å². The molecule has 2 aliphatic rings. The van der Waals surface area contributed by atoms with Gasteiger partial charge in [0, 0.05) is 39.9 Å². The lowest BCUT2D eigenvalue weighted by atomic mass is 10.1. The van der Waals surface area contributed by atoms with Crippen LogP contribution >= 0.6 is 0 Å². The van der Waals surface area contributed by atoms with Gasteiger partial charge in [-0.2, -0.15) is 13.2 Å². The molecule has 13 heteroatoms. The number of aromatic nitrogens is 2. The number of aliphatic carboxylic acids is 1. The van der Waals surface area contributed by atoms with Gasteiger partial charge in [-0.1, -0.05) is 6.07 Å². The zero-order valence-electron chi connectivity index (χ0n) is 18.6. The number of rotatable bonds is 6. The number of hydrogen-bond acceptors (Lipinski definition) is 7. The molecule has 4 rings (SSSR count). The van der Waals surface area contributed by atoms with Crippen LogP contribution in [0.1, 0.15) is 17.3 Å². The number of carbonyl (C=O) groups excluding carboxylic acids is 1. The number of nitrogens with zero attached hydrogens (tertiary/aromatic N) is 4. The van der Waals surface area contributed by atoms with Gasteiger partial charge in [-0.15, -0.1) is 0 Å². The molecule has 1 amide bonds. The first-order valence-corrected chi connectivity index (χ1v) is 10.2. The molecule has 0 aliphatic carbocycles. The molecule has 3 heterocycles. The van der Waals surface area contributed by atoms with Crippen LogP contribution in [-0.4, -0.2) is 83.2 Å². The third-order valence-electron chi connectivity index (χ3n) is 5.11. The van der Waals surface area contributed by atoms with Crippen molar-refractivity contribution in [3.63, 3.8) is 0 Å². The average molecular weight is 486 g/mol. The molecule has 1 aromatic heterocycles. The number of carbonyl (C=O) groups is 2. The van der Waals surface area contributed by atoms with Gasteiger partial charge in [-0.25, -0.2) is 9.78 Å². The highest BCUT2D eigenvalue weighted by molar-refractivity contribution is 5.76. The monoisotopic (exact) mass is 486 g/mol. The summed E-state index contributed by atoms with van der Waals surface area (Å²) in [7, 11) is 3.46. The summed E-state index contributed by atoms with van der Waals surface area (Å²) in [5, 5.41) is 7.12. The number of carboxylic acids is 1. The molecular weight excluding hydrogens is 461 g/mol.